The molecule has 3 aromatic carbocycles. The van der Waals surface area contributed by atoms with Crippen LogP contribution in [0.1, 0.15) is 12.0 Å². The Morgan fingerprint density at radius 1 is 0.950 bits per heavy atom. The lowest BCUT2D eigenvalue weighted by molar-refractivity contribution is -0.120. The molecule has 0 aliphatic carbocycles. The van der Waals surface area contributed by atoms with E-state index in [-0.39, 0.29) is 24.2 Å². The minimum absolute atomic E-state index is 0.0562. The molecule has 1 aliphatic rings. The van der Waals surface area contributed by atoms with Gasteiger partial charge in [-0.15, -0.1) is 0 Å². The topological polar surface area (TPSA) is 78.0 Å². The lowest BCUT2D eigenvalue weighted by Crippen LogP contribution is -2.41. The van der Waals surface area contributed by atoms with E-state index in [1.165, 1.54) is 67.8 Å². The Labute approximate surface area is 233 Å². The predicted octanol–water partition coefficient (Wildman–Crippen LogP) is 6.12. The number of ether oxygens (including phenoxy) is 3. The van der Waals surface area contributed by atoms with Gasteiger partial charge in [-0.3, -0.25) is 19.5 Å². The molecule has 10 heteroatoms. The Bertz CT molecular complexity index is 1690. The third-order valence-electron chi connectivity index (χ3n) is 6.34. The van der Waals surface area contributed by atoms with Gasteiger partial charge in [0.05, 0.1) is 30.3 Å². The van der Waals surface area contributed by atoms with E-state index in [4.69, 9.17) is 26.4 Å². The molecule has 4 aromatic rings. The van der Waals surface area contributed by atoms with Crippen LogP contribution in [0.25, 0.3) is 10.9 Å². The van der Waals surface area contributed by atoms with Crippen molar-refractivity contribution < 1.29 is 32.6 Å². The number of Topliss-reactive ketones (excluding diaryl/α,β-unsaturated/α-hetero) is 1. The molecule has 0 fully saturated rings. The molecule has 0 N–H and O–H groups in total. The summed E-state index contributed by atoms with van der Waals surface area (Å²) < 4.78 is 45.0. The van der Waals surface area contributed by atoms with Crippen LogP contribution >= 0.6 is 12.2 Å². The number of benzene rings is 3. The van der Waals surface area contributed by atoms with Gasteiger partial charge in [-0.05, 0) is 54.1 Å². The first-order valence-electron chi connectivity index (χ1n) is 12.1. The number of hydrogen-bond donors (Lipinski definition) is 0. The van der Waals surface area contributed by atoms with Crippen molar-refractivity contribution in [3.05, 3.63) is 95.7 Å². The Balaban J connectivity index is 1.34. The fourth-order valence-electron chi connectivity index (χ4n) is 4.36. The molecule has 0 unspecified atom stereocenters. The minimum Gasteiger partial charge on any atom is -0.493 e. The van der Waals surface area contributed by atoms with E-state index in [1.807, 2.05) is 0 Å². The van der Waals surface area contributed by atoms with Crippen molar-refractivity contribution in [2.24, 2.45) is 0 Å². The van der Waals surface area contributed by atoms with Crippen LogP contribution in [0.3, 0.4) is 0 Å². The zero-order chi connectivity index (χ0) is 28.4. The summed E-state index contributed by atoms with van der Waals surface area (Å²) in [6, 6.07) is 14.4. The van der Waals surface area contributed by atoms with Crippen LogP contribution in [-0.2, 0) is 16.0 Å². The normalized spacial score (nSPS) is 13.3. The molecule has 2 heterocycles. The summed E-state index contributed by atoms with van der Waals surface area (Å²) in [5.74, 6) is -0.991. The molecule has 1 aliphatic heterocycles. The number of methoxy groups -OCH3 is 2. The summed E-state index contributed by atoms with van der Waals surface area (Å²) in [4.78, 5) is 32.0. The number of rotatable bonds is 8. The Morgan fingerprint density at radius 3 is 2.38 bits per heavy atom. The zero-order valence-corrected chi connectivity index (χ0v) is 22.3. The number of hydrogen-bond acceptors (Lipinski definition) is 7. The number of aromatic nitrogens is 1. The minimum atomic E-state index is -0.686. The fraction of sp³-hybridized carbons (Fsp3) is 0.133. The van der Waals surface area contributed by atoms with E-state index >= 15 is 4.39 Å². The highest BCUT2D eigenvalue weighted by molar-refractivity contribution is 7.80. The third kappa shape index (κ3) is 5.26. The van der Waals surface area contributed by atoms with Crippen molar-refractivity contribution in [3.8, 4) is 23.0 Å². The summed E-state index contributed by atoms with van der Waals surface area (Å²) in [6.45, 7) is 0. The van der Waals surface area contributed by atoms with E-state index in [1.54, 1.807) is 24.3 Å². The Kier molecular flexibility index (Phi) is 7.52. The molecular weight excluding hydrogens is 538 g/mol. The monoisotopic (exact) mass is 560 g/mol. The molecule has 0 saturated carbocycles. The molecule has 7 nitrogen and oxygen atoms in total. The molecular formula is C30H22F2N2O5S. The Hall–Kier alpha value is -4.70. The molecule has 1 aromatic heterocycles. The third-order valence-corrected chi connectivity index (χ3v) is 6.69. The number of anilines is 1. The smallest absolute Gasteiger partial charge is 0.266 e. The highest BCUT2D eigenvalue weighted by Gasteiger charge is 2.31. The molecule has 40 heavy (non-hydrogen) atoms. The van der Waals surface area contributed by atoms with Gasteiger partial charge in [0, 0.05) is 36.2 Å². The van der Waals surface area contributed by atoms with E-state index < -0.39 is 23.3 Å². The van der Waals surface area contributed by atoms with Crippen LogP contribution in [0.15, 0.2) is 78.5 Å². The number of carbonyl (C=O) groups is 2. The van der Waals surface area contributed by atoms with Gasteiger partial charge in [-0.2, -0.15) is 0 Å². The second kappa shape index (κ2) is 11.2. The van der Waals surface area contributed by atoms with Gasteiger partial charge in [0.1, 0.15) is 11.6 Å². The summed E-state index contributed by atoms with van der Waals surface area (Å²) >= 11 is 5.30. The second-order valence-electron chi connectivity index (χ2n) is 8.83. The van der Waals surface area contributed by atoms with E-state index in [2.05, 4.69) is 4.98 Å². The standard InChI is InChI=1S/C30H22F2N2O5S/c1-37-27-15-21-23(16-28(27)38-2)33-12-11-25(21)39-26-9-3-17(13-22(26)32)14-24(35)20-8-10-29(40)34(30(20)36)19-6-4-18(31)5-7-19/h3-9,11-13,15-16H,10,14H2,1-2H3. The van der Waals surface area contributed by atoms with Crippen LogP contribution in [-0.4, -0.2) is 35.9 Å². The van der Waals surface area contributed by atoms with Crippen molar-refractivity contribution in [2.75, 3.05) is 19.1 Å². The van der Waals surface area contributed by atoms with Crippen molar-refractivity contribution in [1.29, 1.82) is 0 Å². The molecule has 0 spiro atoms. The molecule has 0 bridgehead atoms. The molecule has 1 amide bonds. The SMILES string of the molecule is COc1cc2nccc(Oc3ccc(CC(=O)C4=CCC(=S)N(c5ccc(F)cc5)C4=O)cc3F)c2cc1OC. The first-order valence-corrected chi connectivity index (χ1v) is 12.5. The largest absolute Gasteiger partial charge is 0.493 e. The van der Waals surface area contributed by atoms with Crippen LogP contribution in [0.4, 0.5) is 14.5 Å². The van der Waals surface area contributed by atoms with Gasteiger partial charge in [0.2, 0.25) is 0 Å². The number of fused-ring (bicyclic) bond motifs is 1. The lowest BCUT2D eigenvalue weighted by Gasteiger charge is -2.27. The molecule has 202 valence electrons. The lowest BCUT2D eigenvalue weighted by atomic mass is 9.98. The highest BCUT2D eigenvalue weighted by Crippen LogP contribution is 2.37. The van der Waals surface area contributed by atoms with Gasteiger partial charge in [0.25, 0.3) is 5.91 Å². The quantitative estimate of drug-likeness (QED) is 0.190. The summed E-state index contributed by atoms with van der Waals surface area (Å²) in [6.07, 6.45) is 2.98. The number of amides is 1. The maximum absolute atomic E-state index is 15.1. The van der Waals surface area contributed by atoms with E-state index in [9.17, 15) is 14.0 Å². The molecule has 0 atom stereocenters. The van der Waals surface area contributed by atoms with Crippen molar-refractivity contribution in [3.63, 3.8) is 0 Å². The summed E-state index contributed by atoms with van der Waals surface area (Å²) in [5.41, 5.74) is 1.22. The first-order chi connectivity index (χ1) is 19.3. The maximum atomic E-state index is 15.1. The van der Waals surface area contributed by atoms with Crippen molar-refractivity contribution in [2.45, 2.75) is 12.8 Å². The zero-order valence-electron chi connectivity index (χ0n) is 21.4. The number of thiocarbonyl (C=S) groups is 1. The summed E-state index contributed by atoms with van der Waals surface area (Å²) in [7, 11) is 3.02. The van der Waals surface area contributed by atoms with Crippen LogP contribution in [0.2, 0.25) is 0 Å². The predicted molar refractivity (Wildman–Crippen MR) is 149 cm³/mol. The van der Waals surface area contributed by atoms with E-state index in [0.717, 1.165) is 0 Å². The molecule has 5 rings (SSSR count). The Morgan fingerprint density at radius 2 is 1.68 bits per heavy atom. The van der Waals surface area contributed by atoms with Gasteiger partial charge < -0.3 is 14.2 Å². The maximum Gasteiger partial charge on any atom is 0.266 e. The van der Waals surface area contributed by atoms with E-state index in [0.29, 0.717) is 44.4 Å². The number of carbonyl (C=O) groups excluding carboxylic acids is 2. The van der Waals surface area contributed by atoms with Crippen LogP contribution < -0.4 is 19.1 Å². The van der Waals surface area contributed by atoms with Crippen molar-refractivity contribution >= 4 is 45.5 Å². The second-order valence-corrected chi connectivity index (χ2v) is 9.30. The number of halogens is 2. The first kappa shape index (κ1) is 26.9. The average Bonchev–Trinajstić information content (AvgIpc) is 2.94. The van der Waals surface area contributed by atoms with Gasteiger partial charge in [0.15, 0.2) is 28.8 Å². The van der Waals surface area contributed by atoms with Crippen LogP contribution in [0.5, 0.6) is 23.0 Å². The summed E-state index contributed by atoms with van der Waals surface area (Å²) in [5, 5.41) is 0.588. The van der Waals surface area contributed by atoms with Gasteiger partial charge >= 0.3 is 0 Å². The van der Waals surface area contributed by atoms with Crippen LogP contribution in [0, 0.1) is 11.6 Å². The number of ketones is 1. The van der Waals surface area contributed by atoms with Crippen molar-refractivity contribution in [1.82, 2.24) is 4.98 Å². The highest BCUT2D eigenvalue weighted by atomic mass is 32.1. The van der Waals surface area contributed by atoms with Gasteiger partial charge in [-0.1, -0.05) is 24.4 Å². The number of nitrogens with zero attached hydrogens (tertiary/aromatic N) is 2. The fourth-order valence-corrected chi connectivity index (χ4v) is 4.63. The molecule has 0 radical (unpaired) electrons. The van der Waals surface area contributed by atoms with Gasteiger partial charge in [-0.25, -0.2) is 8.78 Å². The molecule has 0 saturated heterocycles. The number of pyridine rings is 1. The average molecular weight is 561 g/mol.